The molecule has 144 valence electrons. The average molecular weight is 367 g/mol. The summed E-state index contributed by atoms with van der Waals surface area (Å²) in [6.07, 6.45) is 10.1. The van der Waals surface area contributed by atoms with Crippen molar-refractivity contribution in [2.75, 3.05) is 26.3 Å². The van der Waals surface area contributed by atoms with Gasteiger partial charge in [0.15, 0.2) is 0 Å². The van der Waals surface area contributed by atoms with Gasteiger partial charge in [-0.05, 0) is 55.4 Å². The van der Waals surface area contributed by atoms with Crippen LogP contribution in [0.1, 0.15) is 36.9 Å². The van der Waals surface area contributed by atoms with E-state index < -0.39 is 0 Å². The van der Waals surface area contributed by atoms with Crippen LogP contribution in [0.2, 0.25) is 0 Å². The van der Waals surface area contributed by atoms with Crippen molar-refractivity contribution in [1.82, 2.24) is 14.9 Å². The summed E-state index contributed by atoms with van der Waals surface area (Å²) in [5.74, 6) is 0.613. The van der Waals surface area contributed by atoms with Crippen LogP contribution in [0.25, 0.3) is 0 Å². The molecule has 0 bridgehead atoms. The number of likely N-dealkylation sites (tertiary alicyclic amines) is 1. The maximum Gasteiger partial charge on any atom is 0.0887 e. The van der Waals surface area contributed by atoms with Crippen molar-refractivity contribution in [3.63, 3.8) is 0 Å². The molecule has 4 heterocycles. The van der Waals surface area contributed by atoms with Crippen LogP contribution in [0.15, 0.2) is 48.9 Å². The Morgan fingerprint density at radius 2 is 2.07 bits per heavy atom. The number of pyridine rings is 2. The summed E-state index contributed by atoms with van der Waals surface area (Å²) in [5.41, 5.74) is 2.36. The lowest BCUT2D eigenvalue weighted by atomic mass is 9.78. The van der Waals surface area contributed by atoms with E-state index in [0.29, 0.717) is 12.5 Å². The minimum atomic E-state index is 0.0692. The molecular weight excluding hydrogens is 338 g/mol. The Morgan fingerprint density at radius 3 is 2.85 bits per heavy atom. The number of hydrogen-bond acceptors (Lipinski definition) is 5. The van der Waals surface area contributed by atoms with Gasteiger partial charge in [0.2, 0.25) is 0 Å². The topological polar surface area (TPSA) is 47.5 Å². The highest BCUT2D eigenvalue weighted by molar-refractivity contribution is 5.09. The zero-order chi connectivity index (χ0) is 18.4. The van der Waals surface area contributed by atoms with Crippen molar-refractivity contribution >= 4 is 0 Å². The number of ether oxygens (including phenoxy) is 2. The molecule has 27 heavy (non-hydrogen) atoms. The normalized spacial score (nSPS) is 22.3. The summed E-state index contributed by atoms with van der Waals surface area (Å²) in [4.78, 5) is 11.1. The number of piperidine rings is 1. The lowest BCUT2D eigenvalue weighted by molar-refractivity contribution is -0.0734. The Kier molecular flexibility index (Phi) is 6.12. The van der Waals surface area contributed by atoms with Gasteiger partial charge in [0.05, 0.1) is 17.9 Å². The largest absolute Gasteiger partial charge is 0.375 e. The van der Waals surface area contributed by atoms with Crippen LogP contribution in [0.3, 0.4) is 0 Å². The third kappa shape index (κ3) is 4.72. The van der Waals surface area contributed by atoms with Crippen molar-refractivity contribution < 1.29 is 9.47 Å². The van der Waals surface area contributed by atoms with Gasteiger partial charge >= 0.3 is 0 Å². The smallest absolute Gasteiger partial charge is 0.0887 e. The molecule has 2 saturated heterocycles. The van der Waals surface area contributed by atoms with E-state index in [1.807, 2.05) is 42.9 Å². The van der Waals surface area contributed by atoms with Gasteiger partial charge in [0.25, 0.3) is 0 Å². The Labute approximate surface area is 161 Å². The van der Waals surface area contributed by atoms with E-state index in [2.05, 4.69) is 20.9 Å². The second-order valence-electron chi connectivity index (χ2n) is 7.70. The van der Waals surface area contributed by atoms with E-state index in [0.717, 1.165) is 64.2 Å². The van der Waals surface area contributed by atoms with Crippen LogP contribution in [0.4, 0.5) is 0 Å². The van der Waals surface area contributed by atoms with Crippen LogP contribution in [0, 0.1) is 5.92 Å². The maximum atomic E-state index is 6.30. The fourth-order valence-electron chi connectivity index (χ4n) is 4.47. The van der Waals surface area contributed by atoms with Crippen LogP contribution in [-0.4, -0.2) is 46.8 Å². The van der Waals surface area contributed by atoms with Crippen LogP contribution < -0.4 is 0 Å². The lowest BCUT2D eigenvalue weighted by Crippen LogP contribution is -2.47. The first-order valence-corrected chi connectivity index (χ1v) is 10.1. The zero-order valence-corrected chi connectivity index (χ0v) is 15.9. The number of rotatable bonds is 7. The van der Waals surface area contributed by atoms with E-state index in [1.54, 1.807) is 0 Å². The summed E-state index contributed by atoms with van der Waals surface area (Å²) in [6.45, 7) is 5.46. The summed E-state index contributed by atoms with van der Waals surface area (Å²) in [7, 11) is 0. The molecule has 0 N–H and O–H groups in total. The molecule has 4 rings (SSSR count). The predicted octanol–water partition coefficient (Wildman–Crippen LogP) is 3.45. The molecule has 2 aliphatic heterocycles. The van der Waals surface area contributed by atoms with Gasteiger partial charge in [-0.15, -0.1) is 0 Å². The molecule has 0 aromatic carbocycles. The fraction of sp³-hybridized carbons (Fsp3) is 0.545. The van der Waals surface area contributed by atoms with Gasteiger partial charge in [0.1, 0.15) is 0 Å². The molecule has 1 atom stereocenters. The molecule has 2 aliphatic rings. The van der Waals surface area contributed by atoms with E-state index in [-0.39, 0.29) is 5.60 Å². The van der Waals surface area contributed by atoms with E-state index in [1.165, 1.54) is 5.56 Å². The van der Waals surface area contributed by atoms with Gasteiger partial charge in [-0.25, -0.2) is 0 Å². The number of hydrogen-bond donors (Lipinski definition) is 0. The predicted molar refractivity (Wildman–Crippen MR) is 104 cm³/mol. The van der Waals surface area contributed by atoms with Gasteiger partial charge < -0.3 is 9.47 Å². The lowest BCUT2D eigenvalue weighted by Gasteiger charge is -2.42. The Bertz CT molecular complexity index is 687. The highest BCUT2D eigenvalue weighted by Crippen LogP contribution is 2.42. The summed E-state index contributed by atoms with van der Waals surface area (Å²) < 4.78 is 12.2. The molecular formula is C22H29N3O2. The van der Waals surface area contributed by atoms with Crippen LogP contribution in [0.5, 0.6) is 0 Å². The molecule has 5 heteroatoms. The highest BCUT2D eigenvalue weighted by Gasteiger charge is 2.45. The summed E-state index contributed by atoms with van der Waals surface area (Å²) >= 11 is 0. The number of nitrogens with zero attached hydrogens (tertiary/aromatic N) is 3. The van der Waals surface area contributed by atoms with Gasteiger partial charge in [-0.1, -0.05) is 12.1 Å². The minimum Gasteiger partial charge on any atom is -0.375 e. The van der Waals surface area contributed by atoms with Gasteiger partial charge in [0, 0.05) is 51.4 Å². The zero-order valence-electron chi connectivity index (χ0n) is 15.9. The van der Waals surface area contributed by atoms with Gasteiger partial charge in [-0.2, -0.15) is 0 Å². The Morgan fingerprint density at radius 1 is 1.15 bits per heavy atom. The molecule has 0 radical (unpaired) electrons. The van der Waals surface area contributed by atoms with E-state index in [9.17, 15) is 0 Å². The number of aromatic nitrogens is 2. The molecule has 2 aromatic heterocycles. The molecule has 0 saturated carbocycles. The third-order valence-corrected chi connectivity index (χ3v) is 6.02. The first-order chi connectivity index (χ1) is 13.3. The van der Waals surface area contributed by atoms with E-state index >= 15 is 0 Å². The van der Waals surface area contributed by atoms with Crippen molar-refractivity contribution in [3.05, 3.63) is 60.2 Å². The monoisotopic (exact) mass is 367 g/mol. The third-order valence-electron chi connectivity index (χ3n) is 6.02. The van der Waals surface area contributed by atoms with Crippen molar-refractivity contribution in [3.8, 4) is 0 Å². The van der Waals surface area contributed by atoms with Crippen LogP contribution >= 0.6 is 0 Å². The SMILES string of the molecule is c1ccc(COCCC2CCOC23CCN(Cc2cccnc2)CC3)nc1. The first kappa shape index (κ1) is 18.5. The molecule has 2 aromatic rings. The van der Waals surface area contributed by atoms with E-state index in [4.69, 9.17) is 9.47 Å². The molecule has 0 aliphatic carbocycles. The Hall–Kier alpha value is -1.82. The first-order valence-electron chi connectivity index (χ1n) is 10.1. The molecule has 1 spiro atoms. The van der Waals surface area contributed by atoms with Crippen LogP contribution in [-0.2, 0) is 22.6 Å². The molecule has 1 unspecified atom stereocenters. The van der Waals surface area contributed by atoms with Gasteiger partial charge in [-0.3, -0.25) is 14.9 Å². The molecule has 5 nitrogen and oxygen atoms in total. The van der Waals surface area contributed by atoms with Crippen molar-refractivity contribution in [2.24, 2.45) is 5.92 Å². The maximum absolute atomic E-state index is 6.30. The molecule has 2 fully saturated rings. The Balaban J connectivity index is 1.23. The standard InChI is InChI=1S/C22H29N3O2/c1-2-11-24-21(5-1)18-26-14-6-20-7-15-27-22(20)8-12-25(13-9-22)17-19-4-3-10-23-16-19/h1-5,10-11,16,20H,6-9,12-15,17-18H2. The second kappa shape index (κ2) is 8.91. The summed E-state index contributed by atoms with van der Waals surface area (Å²) in [6, 6.07) is 10.1. The highest BCUT2D eigenvalue weighted by atomic mass is 16.5. The molecule has 0 amide bonds. The minimum absolute atomic E-state index is 0.0692. The van der Waals surface area contributed by atoms with Crippen molar-refractivity contribution in [1.29, 1.82) is 0 Å². The quantitative estimate of drug-likeness (QED) is 0.702. The second-order valence-corrected chi connectivity index (χ2v) is 7.70. The summed E-state index contributed by atoms with van der Waals surface area (Å²) in [5, 5.41) is 0. The fourth-order valence-corrected chi connectivity index (χ4v) is 4.47. The van der Waals surface area contributed by atoms with Crippen molar-refractivity contribution in [2.45, 2.75) is 44.4 Å². The average Bonchev–Trinajstić information content (AvgIpc) is 3.11.